The summed E-state index contributed by atoms with van der Waals surface area (Å²) in [4.78, 5) is 27.0. The molecule has 0 unspecified atom stereocenters. The minimum absolute atomic E-state index is 0.0785. The summed E-state index contributed by atoms with van der Waals surface area (Å²) in [5.41, 5.74) is 0.749. The molecule has 0 aliphatic rings. The minimum Gasteiger partial charge on any atom is -0.493 e. The average molecular weight is 383 g/mol. The number of hydrogen-bond acceptors (Lipinski definition) is 7. The Balaban J connectivity index is 1.73. The van der Waals surface area contributed by atoms with Crippen LogP contribution in [0.5, 0.6) is 17.2 Å². The molecule has 0 radical (unpaired) electrons. The molecule has 0 bridgehead atoms. The Hall–Kier alpha value is -3.88. The van der Waals surface area contributed by atoms with Gasteiger partial charge in [0.1, 0.15) is 11.3 Å². The van der Waals surface area contributed by atoms with Gasteiger partial charge in [0.05, 0.1) is 24.5 Å². The maximum Gasteiger partial charge on any atom is 0.279 e. The summed E-state index contributed by atoms with van der Waals surface area (Å²) < 4.78 is 15.9. The van der Waals surface area contributed by atoms with Gasteiger partial charge < -0.3 is 19.5 Å². The zero-order valence-corrected chi connectivity index (χ0v) is 15.2. The number of pyridine rings is 1. The van der Waals surface area contributed by atoms with Crippen molar-refractivity contribution in [3.63, 3.8) is 0 Å². The number of amides is 1. The number of carbonyl (C=O) groups excluding carboxylic acids is 1. The van der Waals surface area contributed by atoms with Crippen molar-refractivity contribution in [2.45, 2.75) is 0 Å². The van der Waals surface area contributed by atoms with Crippen LogP contribution in [-0.4, -0.2) is 36.6 Å². The predicted octanol–water partition coefficient (Wildman–Crippen LogP) is 3.18. The van der Waals surface area contributed by atoms with E-state index in [0.29, 0.717) is 28.1 Å². The second kappa shape index (κ2) is 8.21. The maximum absolute atomic E-state index is 12.2. The Bertz CT molecular complexity index is 1040. The number of nitrogens with one attached hydrogen (secondary N) is 1. The lowest BCUT2D eigenvalue weighted by Crippen LogP contribution is -2.20. The topological polar surface area (TPSA) is 113 Å². The van der Waals surface area contributed by atoms with Crippen molar-refractivity contribution >= 4 is 28.2 Å². The molecule has 9 nitrogen and oxygen atoms in total. The third-order valence-electron chi connectivity index (χ3n) is 3.93. The number of benzene rings is 2. The molecular weight excluding hydrogens is 366 g/mol. The maximum atomic E-state index is 12.2. The molecule has 0 saturated heterocycles. The second-order valence-electron chi connectivity index (χ2n) is 5.65. The van der Waals surface area contributed by atoms with E-state index in [9.17, 15) is 14.9 Å². The van der Waals surface area contributed by atoms with Crippen LogP contribution < -0.4 is 19.5 Å². The summed E-state index contributed by atoms with van der Waals surface area (Å²) in [7, 11) is 3.02. The number of hydrogen-bond donors (Lipinski definition) is 1. The monoisotopic (exact) mass is 383 g/mol. The van der Waals surface area contributed by atoms with Crippen molar-refractivity contribution in [2.75, 3.05) is 26.1 Å². The number of non-ortho nitro benzene ring substituents is 1. The number of rotatable bonds is 7. The Morgan fingerprint density at radius 3 is 2.57 bits per heavy atom. The van der Waals surface area contributed by atoms with E-state index in [-0.39, 0.29) is 18.0 Å². The Kier molecular flexibility index (Phi) is 5.54. The highest BCUT2D eigenvalue weighted by atomic mass is 16.6. The van der Waals surface area contributed by atoms with Crippen molar-refractivity contribution < 1.29 is 23.9 Å². The van der Waals surface area contributed by atoms with Gasteiger partial charge in [0.25, 0.3) is 11.6 Å². The first-order chi connectivity index (χ1) is 13.5. The zero-order chi connectivity index (χ0) is 20.1. The summed E-state index contributed by atoms with van der Waals surface area (Å²) in [6.45, 7) is -0.294. The molecule has 1 amide bonds. The van der Waals surface area contributed by atoms with E-state index in [1.807, 2.05) is 0 Å². The number of anilines is 1. The van der Waals surface area contributed by atoms with Crippen molar-refractivity contribution in [2.24, 2.45) is 0 Å². The molecule has 0 atom stereocenters. The molecular formula is C19H17N3O6. The normalized spacial score (nSPS) is 10.4. The largest absolute Gasteiger partial charge is 0.493 e. The van der Waals surface area contributed by atoms with Crippen LogP contribution in [0.15, 0.2) is 48.7 Å². The van der Waals surface area contributed by atoms with Gasteiger partial charge in [0, 0.05) is 24.0 Å². The van der Waals surface area contributed by atoms with Gasteiger partial charge in [-0.05, 0) is 30.3 Å². The van der Waals surface area contributed by atoms with Gasteiger partial charge >= 0.3 is 0 Å². The molecule has 144 valence electrons. The summed E-state index contributed by atoms with van der Waals surface area (Å²) >= 11 is 0. The quantitative estimate of drug-likeness (QED) is 0.492. The second-order valence-corrected chi connectivity index (χ2v) is 5.65. The minimum atomic E-state index is -0.489. The first kappa shape index (κ1) is 18.9. The molecule has 1 heterocycles. The first-order valence-electron chi connectivity index (χ1n) is 8.20. The van der Waals surface area contributed by atoms with Crippen LogP contribution >= 0.6 is 0 Å². The number of nitrogens with zero attached hydrogens (tertiary/aromatic N) is 2. The number of methoxy groups -OCH3 is 2. The first-order valence-corrected chi connectivity index (χ1v) is 8.20. The highest BCUT2D eigenvalue weighted by molar-refractivity contribution is 5.94. The van der Waals surface area contributed by atoms with E-state index in [1.165, 1.54) is 32.5 Å². The van der Waals surface area contributed by atoms with Gasteiger partial charge in [-0.15, -0.1) is 0 Å². The molecule has 0 saturated carbocycles. The van der Waals surface area contributed by atoms with Crippen LogP contribution in [0, 0.1) is 10.1 Å². The molecule has 3 aromatic rings. The molecule has 2 aromatic carbocycles. The number of ether oxygens (including phenoxy) is 3. The average Bonchev–Trinajstić information content (AvgIpc) is 2.71. The molecule has 1 aromatic heterocycles. The lowest BCUT2D eigenvalue weighted by molar-refractivity contribution is -0.383. The van der Waals surface area contributed by atoms with Gasteiger partial charge in [0.2, 0.25) is 0 Å². The molecule has 28 heavy (non-hydrogen) atoms. The van der Waals surface area contributed by atoms with Crippen LogP contribution in [0.2, 0.25) is 0 Å². The Morgan fingerprint density at radius 2 is 1.86 bits per heavy atom. The van der Waals surface area contributed by atoms with Gasteiger partial charge in [-0.1, -0.05) is 0 Å². The predicted molar refractivity (Wildman–Crippen MR) is 102 cm³/mol. The SMILES string of the molecule is COc1ccc(NC(=O)COc2ccc([N+](=O)[O-])c3cccnc23)cc1OC. The van der Waals surface area contributed by atoms with Crippen LogP contribution in [0.25, 0.3) is 10.9 Å². The number of nitro groups is 1. The van der Waals surface area contributed by atoms with Gasteiger partial charge in [0.15, 0.2) is 18.1 Å². The van der Waals surface area contributed by atoms with Gasteiger partial charge in [-0.25, -0.2) is 0 Å². The highest BCUT2D eigenvalue weighted by Crippen LogP contribution is 2.32. The van der Waals surface area contributed by atoms with Crippen LogP contribution in [0.3, 0.4) is 0 Å². The standard InChI is InChI=1S/C19H17N3O6/c1-26-15-7-5-12(10-17(15)27-2)21-18(23)11-28-16-8-6-14(22(24)25)13-4-3-9-20-19(13)16/h3-10H,11H2,1-2H3,(H,21,23). The molecule has 0 aliphatic heterocycles. The van der Waals surface area contributed by atoms with Crippen molar-refractivity contribution in [1.82, 2.24) is 4.98 Å². The summed E-state index contributed by atoms with van der Waals surface area (Å²) in [5, 5.41) is 14.2. The summed E-state index contributed by atoms with van der Waals surface area (Å²) in [5.74, 6) is 0.894. The van der Waals surface area contributed by atoms with E-state index >= 15 is 0 Å². The van der Waals surface area contributed by atoms with Crippen molar-refractivity contribution in [1.29, 1.82) is 0 Å². The molecule has 1 N–H and O–H groups in total. The molecule has 9 heteroatoms. The fourth-order valence-corrected chi connectivity index (χ4v) is 2.66. The molecule has 3 rings (SSSR count). The van der Waals surface area contributed by atoms with E-state index in [0.717, 1.165) is 0 Å². The fourth-order valence-electron chi connectivity index (χ4n) is 2.66. The van der Waals surface area contributed by atoms with E-state index < -0.39 is 10.8 Å². The van der Waals surface area contributed by atoms with Crippen molar-refractivity contribution in [3.05, 3.63) is 58.8 Å². The molecule has 0 spiro atoms. The third-order valence-corrected chi connectivity index (χ3v) is 3.93. The summed E-state index contributed by atoms with van der Waals surface area (Å²) in [6.07, 6.45) is 1.50. The van der Waals surface area contributed by atoms with Gasteiger partial charge in [-0.2, -0.15) is 0 Å². The lowest BCUT2D eigenvalue weighted by Gasteiger charge is -2.11. The van der Waals surface area contributed by atoms with E-state index in [1.54, 1.807) is 30.3 Å². The third kappa shape index (κ3) is 3.93. The van der Waals surface area contributed by atoms with E-state index in [4.69, 9.17) is 14.2 Å². The van der Waals surface area contributed by atoms with Gasteiger partial charge in [-0.3, -0.25) is 19.9 Å². The zero-order valence-electron chi connectivity index (χ0n) is 15.2. The molecule has 0 aliphatic carbocycles. The number of fused-ring (bicyclic) bond motifs is 1. The fraction of sp³-hybridized carbons (Fsp3) is 0.158. The van der Waals surface area contributed by atoms with Crippen LogP contribution in [-0.2, 0) is 4.79 Å². The van der Waals surface area contributed by atoms with Crippen molar-refractivity contribution in [3.8, 4) is 17.2 Å². The number of nitro benzene ring substituents is 1. The highest BCUT2D eigenvalue weighted by Gasteiger charge is 2.16. The van der Waals surface area contributed by atoms with E-state index in [2.05, 4.69) is 10.3 Å². The molecule has 0 fully saturated rings. The summed E-state index contributed by atoms with van der Waals surface area (Å²) in [6, 6.07) is 10.9. The Morgan fingerprint density at radius 1 is 1.11 bits per heavy atom. The smallest absolute Gasteiger partial charge is 0.279 e. The van der Waals surface area contributed by atoms with Crippen LogP contribution in [0.1, 0.15) is 0 Å². The number of aromatic nitrogens is 1. The van der Waals surface area contributed by atoms with Crippen LogP contribution in [0.4, 0.5) is 11.4 Å². The lowest BCUT2D eigenvalue weighted by atomic mass is 10.1. The number of carbonyl (C=O) groups is 1. The Labute approximate surface area is 160 Å².